The summed E-state index contributed by atoms with van der Waals surface area (Å²) in [5.41, 5.74) is 1.94. The van der Waals surface area contributed by atoms with Gasteiger partial charge in [-0.3, -0.25) is 19.2 Å². The van der Waals surface area contributed by atoms with Crippen LogP contribution < -0.4 is 5.32 Å². The zero-order chi connectivity index (χ0) is 17.3. The first-order chi connectivity index (χ1) is 11.5. The van der Waals surface area contributed by atoms with Crippen molar-refractivity contribution in [3.63, 3.8) is 0 Å². The Hall–Kier alpha value is -2.38. The minimum atomic E-state index is -0.744. The van der Waals surface area contributed by atoms with Gasteiger partial charge >= 0.3 is 6.03 Å². The van der Waals surface area contributed by atoms with E-state index in [4.69, 9.17) is 0 Å². The van der Waals surface area contributed by atoms with Crippen molar-refractivity contribution < 1.29 is 14.4 Å². The summed E-state index contributed by atoms with van der Waals surface area (Å²) in [4.78, 5) is 39.6. The van der Waals surface area contributed by atoms with Gasteiger partial charge in [0.15, 0.2) is 0 Å². The average molecular weight is 333 g/mol. The first kappa shape index (κ1) is 16.5. The second-order valence-electron chi connectivity index (χ2n) is 6.37. The number of aromatic nitrogens is 2. The molecule has 1 unspecified atom stereocenters. The molecule has 0 radical (unpaired) electrons. The summed E-state index contributed by atoms with van der Waals surface area (Å²) in [5.74, 6) is -0.412. The van der Waals surface area contributed by atoms with Gasteiger partial charge in [-0.25, -0.2) is 4.79 Å². The molecular weight excluding hydrogens is 310 g/mol. The van der Waals surface area contributed by atoms with Crippen molar-refractivity contribution in [2.45, 2.75) is 52.2 Å². The molecule has 0 aliphatic carbocycles. The van der Waals surface area contributed by atoms with E-state index in [1.54, 1.807) is 4.90 Å². The third kappa shape index (κ3) is 3.13. The number of nitrogens with one attached hydrogen (secondary N) is 1. The van der Waals surface area contributed by atoms with Gasteiger partial charge in [0.1, 0.15) is 6.04 Å². The lowest BCUT2D eigenvalue weighted by molar-refractivity contribution is -0.136. The molecule has 8 heteroatoms. The van der Waals surface area contributed by atoms with E-state index in [1.165, 1.54) is 4.90 Å². The van der Waals surface area contributed by atoms with E-state index in [0.29, 0.717) is 26.1 Å². The number of hydrogen-bond donors (Lipinski definition) is 1. The fraction of sp³-hybridized carbons (Fsp3) is 0.625. The normalized spacial score (nSPS) is 20.8. The second-order valence-corrected chi connectivity index (χ2v) is 6.37. The Morgan fingerprint density at radius 3 is 2.92 bits per heavy atom. The van der Waals surface area contributed by atoms with E-state index in [9.17, 15) is 14.4 Å². The summed E-state index contributed by atoms with van der Waals surface area (Å²) in [6.07, 6.45) is 1.54. The van der Waals surface area contributed by atoms with Crippen LogP contribution in [0.1, 0.15) is 37.6 Å². The molecule has 130 valence electrons. The number of fused-ring (bicyclic) bond motifs is 1. The molecular formula is C16H23N5O3. The minimum absolute atomic E-state index is 0.0118. The van der Waals surface area contributed by atoms with Crippen LogP contribution in [-0.2, 0) is 22.7 Å². The number of aryl methyl sites for hydroxylation is 2. The monoisotopic (exact) mass is 333 g/mol. The number of rotatable bonds is 4. The van der Waals surface area contributed by atoms with E-state index in [2.05, 4.69) is 10.4 Å². The molecule has 1 aromatic rings. The van der Waals surface area contributed by atoms with Crippen LogP contribution in [0.2, 0.25) is 0 Å². The highest BCUT2D eigenvalue weighted by molar-refractivity contribution is 6.05. The molecule has 1 atom stereocenters. The summed E-state index contributed by atoms with van der Waals surface area (Å²) in [6.45, 7) is 6.14. The van der Waals surface area contributed by atoms with Crippen LogP contribution in [0.3, 0.4) is 0 Å². The molecule has 8 nitrogen and oxygen atoms in total. The highest BCUT2D eigenvalue weighted by atomic mass is 16.2. The third-order valence-corrected chi connectivity index (χ3v) is 4.42. The van der Waals surface area contributed by atoms with Gasteiger partial charge in [0.2, 0.25) is 5.91 Å². The molecule has 1 aromatic heterocycles. The average Bonchev–Trinajstić information content (AvgIpc) is 2.92. The Kier molecular flexibility index (Phi) is 4.55. The van der Waals surface area contributed by atoms with Gasteiger partial charge in [0.05, 0.1) is 24.4 Å². The topological polar surface area (TPSA) is 87.5 Å². The number of nitrogens with zero attached hydrogens (tertiary/aromatic N) is 4. The fourth-order valence-corrected chi connectivity index (χ4v) is 3.27. The number of amides is 4. The fourth-order valence-electron chi connectivity index (χ4n) is 3.27. The molecule has 2 aliphatic rings. The van der Waals surface area contributed by atoms with Crippen LogP contribution in [-0.4, -0.2) is 56.6 Å². The molecule has 0 saturated carbocycles. The third-order valence-electron chi connectivity index (χ3n) is 4.42. The summed E-state index contributed by atoms with van der Waals surface area (Å²) in [6, 6.07) is 0.840. The zero-order valence-corrected chi connectivity index (χ0v) is 14.1. The Labute approximate surface area is 140 Å². The second kappa shape index (κ2) is 6.62. The van der Waals surface area contributed by atoms with Crippen LogP contribution in [0.25, 0.3) is 0 Å². The lowest BCUT2D eigenvalue weighted by Gasteiger charge is -2.21. The van der Waals surface area contributed by atoms with E-state index >= 15 is 0 Å². The Bertz CT molecular complexity index is 669. The first-order valence-corrected chi connectivity index (χ1v) is 8.42. The molecule has 2 aliphatic heterocycles. The van der Waals surface area contributed by atoms with Gasteiger partial charge < -0.3 is 10.2 Å². The summed E-state index contributed by atoms with van der Waals surface area (Å²) in [7, 11) is 0. The quantitative estimate of drug-likeness (QED) is 0.819. The molecule has 4 amide bonds. The van der Waals surface area contributed by atoms with E-state index in [0.717, 1.165) is 24.4 Å². The predicted octanol–water partition coefficient (Wildman–Crippen LogP) is 0.644. The van der Waals surface area contributed by atoms with Crippen LogP contribution in [0, 0.1) is 6.92 Å². The van der Waals surface area contributed by atoms with Crippen molar-refractivity contribution in [1.82, 2.24) is 24.9 Å². The summed E-state index contributed by atoms with van der Waals surface area (Å²) < 4.78 is 1.94. The maximum atomic E-state index is 12.6. The van der Waals surface area contributed by atoms with E-state index < -0.39 is 12.1 Å². The first-order valence-electron chi connectivity index (χ1n) is 8.42. The molecule has 0 spiro atoms. The van der Waals surface area contributed by atoms with Crippen molar-refractivity contribution in [3.8, 4) is 0 Å². The summed E-state index contributed by atoms with van der Waals surface area (Å²) >= 11 is 0. The Morgan fingerprint density at radius 1 is 1.38 bits per heavy atom. The molecule has 1 N–H and O–H groups in total. The van der Waals surface area contributed by atoms with Crippen LogP contribution >= 0.6 is 0 Å². The Morgan fingerprint density at radius 2 is 2.17 bits per heavy atom. The maximum Gasteiger partial charge on any atom is 0.324 e. The molecule has 3 heterocycles. The van der Waals surface area contributed by atoms with Crippen molar-refractivity contribution in [2.75, 3.05) is 13.1 Å². The highest BCUT2D eigenvalue weighted by Gasteiger charge is 2.39. The number of urea groups is 1. The van der Waals surface area contributed by atoms with Gasteiger partial charge in [-0.05, 0) is 25.8 Å². The smallest absolute Gasteiger partial charge is 0.324 e. The van der Waals surface area contributed by atoms with Gasteiger partial charge in [-0.15, -0.1) is 0 Å². The molecule has 1 saturated heterocycles. The SMILES string of the molecule is CCCN1C(=O)NC(CC(=O)N2CCCn3nc(C)cc3C2)C1=O. The lowest BCUT2D eigenvalue weighted by atomic mass is 10.1. The Balaban J connectivity index is 1.65. The van der Waals surface area contributed by atoms with Gasteiger partial charge in [0, 0.05) is 19.6 Å². The summed E-state index contributed by atoms with van der Waals surface area (Å²) in [5, 5.41) is 7.04. The zero-order valence-electron chi connectivity index (χ0n) is 14.1. The molecule has 24 heavy (non-hydrogen) atoms. The number of carbonyl (C=O) groups excluding carboxylic acids is 3. The van der Waals surface area contributed by atoms with Crippen molar-refractivity contribution in [3.05, 3.63) is 17.5 Å². The van der Waals surface area contributed by atoms with Crippen LogP contribution in [0.4, 0.5) is 4.79 Å². The number of hydrogen-bond acceptors (Lipinski definition) is 4. The molecule has 3 rings (SSSR count). The van der Waals surface area contributed by atoms with Crippen LogP contribution in [0.15, 0.2) is 6.07 Å². The minimum Gasteiger partial charge on any atom is -0.337 e. The lowest BCUT2D eigenvalue weighted by Crippen LogP contribution is -2.39. The van der Waals surface area contributed by atoms with Crippen molar-refractivity contribution in [1.29, 1.82) is 0 Å². The van der Waals surface area contributed by atoms with Gasteiger partial charge in [-0.1, -0.05) is 6.92 Å². The van der Waals surface area contributed by atoms with Crippen LogP contribution in [0.5, 0.6) is 0 Å². The van der Waals surface area contributed by atoms with Gasteiger partial charge in [-0.2, -0.15) is 5.10 Å². The van der Waals surface area contributed by atoms with Gasteiger partial charge in [0.25, 0.3) is 5.91 Å². The van der Waals surface area contributed by atoms with Crippen molar-refractivity contribution >= 4 is 17.8 Å². The maximum absolute atomic E-state index is 12.6. The van der Waals surface area contributed by atoms with Crippen molar-refractivity contribution in [2.24, 2.45) is 0 Å². The molecule has 0 bridgehead atoms. The number of imide groups is 1. The number of carbonyl (C=O) groups is 3. The van der Waals surface area contributed by atoms with E-state index in [-0.39, 0.29) is 18.2 Å². The predicted molar refractivity (Wildman–Crippen MR) is 85.9 cm³/mol. The largest absolute Gasteiger partial charge is 0.337 e. The standard InChI is InChI=1S/C16H23N5O3/c1-3-5-20-15(23)13(17-16(20)24)9-14(22)19-6-4-7-21-12(10-19)8-11(2)18-21/h8,13H,3-7,9-10H2,1-2H3,(H,17,24). The van der Waals surface area contributed by atoms with E-state index in [1.807, 2.05) is 24.6 Å². The molecule has 1 fully saturated rings. The highest BCUT2D eigenvalue weighted by Crippen LogP contribution is 2.17. The molecule has 0 aromatic carbocycles.